The molecule has 1 aliphatic heterocycles. The SMILES string of the molecule is CSCCC(C)N(C)C(=O)CN1CCCNCC1. The molecule has 0 spiro atoms. The Morgan fingerprint density at radius 1 is 1.44 bits per heavy atom. The van der Waals surface area contributed by atoms with E-state index in [4.69, 9.17) is 0 Å². The summed E-state index contributed by atoms with van der Waals surface area (Å²) in [6.45, 7) is 6.80. The fraction of sp³-hybridized carbons (Fsp3) is 0.923. The molecule has 0 aromatic rings. The third kappa shape index (κ3) is 5.59. The molecule has 1 heterocycles. The van der Waals surface area contributed by atoms with Crippen molar-refractivity contribution in [1.82, 2.24) is 15.1 Å². The summed E-state index contributed by atoms with van der Waals surface area (Å²) in [4.78, 5) is 16.4. The topological polar surface area (TPSA) is 35.6 Å². The van der Waals surface area contributed by atoms with Crippen molar-refractivity contribution < 1.29 is 4.79 Å². The fourth-order valence-corrected chi connectivity index (χ4v) is 2.67. The molecule has 1 saturated heterocycles. The highest BCUT2D eigenvalue weighted by atomic mass is 32.2. The van der Waals surface area contributed by atoms with Gasteiger partial charge in [0.1, 0.15) is 0 Å². The van der Waals surface area contributed by atoms with Crippen molar-refractivity contribution in [2.75, 3.05) is 51.8 Å². The molecule has 1 N–H and O–H groups in total. The van der Waals surface area contributed by atoms with E-state index in [1.54, 1.807) is 0 Å². The Labute approximate surface area is 115 Å². The van der Waals surface area contributed by atoms with Crippen LogP contribution in [0.15, 0.2) is 0 Å². The highest BCUT2D eigenvalue weighted by molar-refractivity contribution is 7.98. The Hall–Kier alpha value is -0.260. The summed E-state index contributed by atoms with van der Waals surface area (Å²) in [5, 5.41) is 3.36. The zero-order valence-electron chi connectivity index (χ0n) is 11.9. The Morgan fingerprint density at radius 3 is 2.94 bits per heavy atom. The molecule has 1 atom stereocenters. The first-order valence-corrected chi connectivity index (χ1v) is 8.22. The molecule has 1 rings (SSSR count). The highest BCUT2D eigenvalue weighted by Crippen LogP contribution is 2.07. The Balaban J connectivity index is 2.33. The molecule has 18 heavy (non-hydrogen) atoms. The molecule has 0 aromatic carbocycles. The second-order valence-corrected chi connectivity index (χ2v) is 6.00. The van der Waals surface area contributed by atoms with Gasteiger partial charge in [0, 0.05) is 26.2 Å². The Bertz CT molecular complexity index is 242. The molecule has 106 valence electrons. The maximum atomic E-state index is 12.2. The number of carbonyl (C=O) groups excluding carboxylic acids is 1. The quantitative estimate of drug-likeness (QED) is 0.779. The number of nitrogens with zero attached hydrogens (tertiary/aromatic N) is 2. The number of hydrogen-bond donors (Lipinski definition) is 1. The first kappa shape index (κ1) is 15.8. The van der Waals surface area contributed by atoms with E-state index in [9.17, 15) is 4.79 Å². The van der Waals surface area contributed by atoms with Crippen molar-refractivity contribution in [2.24, 2.45) is 0 Å². The van der Waals surface area contributed by atoms with Crippen LogP contribution in [0, 0.1) is 0 Å². The van der Waals surface area contributed by atoms with Gasteiger partial charge in [-0.1, -0.05) is 0 Å². The smallest absolute Gasteiger partial charge is 0.236 e. The normalized spacial score (nSPS) is 19.3. The van der Waals surface area contributed by atoms with Gasteiger partial charge in [-0.3, -0.25) is 9.69 Å². The molecule has 0 aliphatic carbocycles. The van der Waals surface area contributed by atoms with Crippen LogP contribution in [-0.2, 0) is 4.79 Å². The zero-order valence-corrected chi connectivity index (χ0v) is 12.8. The van der Waals surface area contributed by atoms with Crippen molar-refractivity contribution in [2.45, 2.75) is 25.8 Å². The average molecular weight is 273 g/mol. The minimum Gasteiger partial charge on any atom is -0.342 e. The molecule has 1 unspecified atom stereocenters. The van der Waals surface area contributed by atoms with Gasteiger partial charge in [0.15, 0.2) is 0 Å². The van der Waals surface area contributed by atoms with Crippen molar-refractivity contribution in [1.29, 1.82) is 0 Å². The van der Waals surface area contributed by atoms with E-state index in [1.807, 2.05) is 23.7 Å². The molecule has 4 nitrogen and oxygen atoms in total. The van der Waals surface area contributed by atoms with E-state index in [-0.39, 0.29) is 5.91 Å². The van der Waals surface area contributed by atoms with Crippen LogP contribution in [0.5, 0.6) is 0 Å². The largest absolute Gasteiger partial charge is 0.342 e. The molecular formula is C13H27N3OS. The summed E-state index contributed by atoms with van der Waals surface area (Å²) in [5.41, 5.74) is 0. The van der Waals surface area contributed by atoms with Gasteiger partial charge in [-0.25, -0.2) is 0 Å². The first-order valence-electron chi connectivity index (χ1n) is 6.83. The van der Waals surface area contributed by atoms with Crippen LogP contribution in [-0.4, -0.2) is 73.5 Å². The van der Waals surface area contributed by atoms with Gasteiger partial charge in [0.05, 0.1) is 6.54 Å². The highest BCUT2D eigenvalue weighted by Gasteiger charge is 2.19. The van der Waals surface area contributed by atoms with Crippen LogP contribution in [0.25, 0.3) is 0 Å². The summed E-state index contributed by atoms with van der Waals surface area (Å²) < 4.78 is 0. The van der Waals surface area contributed by atoms with Gasteiger partial charge in [-0.2, -0.15) is 11.8 Å². The average Bonchev–Trinajstić information content (AvgIpc) is 2.63. The lowest BCUT2D eigenvalue weighted by atomic mass is 10.2. The predicted octanol–water partition coefficient (Wildman–Crippen LogP) is 0.882. The third-order valence-corrected chi connectivity index (χ3v) is 4.23. The summed E-state index contributed by atoms with van der Waals surface area (Å²) in [7, 11) is 1.93. The van der Waals surface area contributed by atoms with Crippen molar-refractivity contribution >= 4 is 17.7 Å². The number of nitrogens with one attached hydrogen (secondary N) is 1. The van der Waals surface area contributed by atoms with E-state index in [0.717, 1.165) is 44.8 Å². The second kappa shape index (κ2) is 8.77. The van der Waals surface area contributed by atoms with Gasteiger partial charge < -0.3 is 10.2 Å². The summed E-state index contributed by atoms with van der Waals surface area (Å²) in [6.07, 6.45) is 4.32. The van der Waals surface area contributed by atoms with Crippen molar-refractivity contribution in [3.05, 3.63) is 0 Å². The Morgan fingerprint density at radius 2 is 2.22 bits per heavy atom. The number of amides is 1. The summed E-state index contributed by atoms with van der Waals surface area (Å²) in [5.74, 6) is 1.37. The van der Waals surface area contributed by atoms with E-state index >= 15 is 0 Å². The molecule has 1 aliphatic rings. The molecule has 1 amide bonds. The number of hydrogen-bond acceptors (Lipinski definition) is 4. The van der Waals surface area contributed by atoms with Gasteiger partial charge in [-0.15, -0.1) is 0 Å². The zero-order chi connectivity index (χ0) is 13.4. The summed E-state index contributed by atoms with van der Waals surface area (Å²) in [6, 6.07) is 0.343. The van der Waals surface area contributed by atoms with Crippen LogP contribution in [0.4, 0.5) is 0 Å². The Kier molecular flexibility index (Phi) is 7.70. The standard InChI is InChI=1S/C13H27N3OS/c1-12(5-10-18-3)15(2)13(17)11-16-8-4-6-14-7-9-16/h12,14H,4-11H2,1-3H3. The number of likely N-dealkylation sites (N-methyl/N-ethyl adjacent to an activating group) is 1. The van der Waals surface area contributed by atoms with Gasteiger partial charge in [-0.05, 0) is 44.9 Å². The van der Waals surface area contributed by atoms with Crippen LogP contribution >= 0.6 is 11.8 Å². The lowest BCUT2D eigenvalue weighted by Crippen LogP contribution is -2.43. The molecule has 0 aromatic heterocycles. The second-order valence-electron chi connectivity index (χ2n) is 5.01. The maximum Gasteiger partial charge on any atom is 0.236 e. The van der Waals surface area contributed by atoms with Crippen LogP contribution in [0.3, 0.4) is 0 Å². The van der Waals surface area contributed by atoms with Gasteiger partial charge >= 0.3 is 0 Å². The van der Waals surface area contributed by atoms with Gasteiger partial charge in [0.2, 0.25) is 5.91 Å². The minimum absolute atomic E-state index is 0.255. The van der Waals surface area contributed by atoms with E-state index < -0.39 is 0 Å². The molecule has 0 radical (unpaired) electrons. The number of carbonyl (C=O) groups is 1. The van der Waals surface area contributed by atoms with Crippen LogP contribution in [0.2, 0.25) is 0 Å². The third-order valence-electron chi connectivity index (χ3n) is 3.59. The van der Waals surface area contributed by atoms with Crippen molar-refractivity contribution in [3.63, 3.8) is 0 Å². The fourth-order valence-electron chi connectivity index (χ4n) is 2.09. The van der Waals surface area contributed by atoms with Gasteiger partial charge in [0.25, 0.3) is 0 Å². The monoisotopic (exact) mass is 273 g/mol. The van der Waals surface area contributed by atoms with Crippen LogP contribution < -0.4 is 5.32 Å². The molecule has 0 saturated carbocycles. The lowest BCUT2D eigenvalue weighted by molar-refractivity contribution is -0.132. The lowest BCUT2D eigenvalue weighted by Gasteiger charge is -2.28. The molecule has 1 fully saturated rings. The molecule has 5 heteroatoms. The van der Waals surface area contributed by atoms with E-state index in [2.05, 4.69) is 23.4 Å². The molecule has 0 bridgehead atoms. The van der Waals surface area contributed by atoms with Crippen molar-refractivity contribution in [3.8, 4) is 0 Å². The summed E-state index contributed by atoms with van der Waals surface area (Å²) >= 11 is 1.84. The molecular weight excluding hydrogens is 246 g/mol. The van der Waals surface area contributed by atoms with Crippen LogP contribution in [0.1, 0.15) is 19.8 Å². The number of thioether (sulfide) groups is 1. The maximum absolute atomic E-state index is 12.2. The number of rotatable bonds is 6. The first-order chi connectivity index (χ1) is 8.65. The van der Waals surface area contributed by atoms with E-state index in [0.29, 0.717) is 12.6 Å². The minimum atomic E-state index is 0.255. The van der Waals surface area contributed by atoms with E-state index in [1.165, 1.54) is 0 Å². The predicted molar refractivity (Wildman–Crippen MR) is 79.2 cm³/mol.